The van der Waals surface area contributed by atoms with Crippen molar-refractivity contribution in [3.05, 3.63) is 94.7 Å². The maximum atomic E-state index is 13.5. The SMILES string of the molecule is Cc1ccc(OC(=O)N2CCc3c([nH]c4ccc(C)cc34)C2c2ccc(OCCC(O)CNS(=O)(=O)C3CC3)cc2)cc1. The Hall–Kier alpha value is -3.86. The molecule has 0 spiro atoms. The monoisotopic (exact) mass is 603 g/mol. The number of hydrogen-bond acceptors (Lipinski definition) is 6. The van der Waals surface area contributed by atoms with E-state index >= 15 is 0 Å². The number of aryl methyl sites for hydroxylation is 2. The van der Waals surface area contributed by atoms with Crippen LogP contribution in [-0.2, 0) is 16.4 Å². The number of fused-ring (bicyclic) bond motifs is 3. The van der Waals surface area contributed by atoms with Crippen molar-refractivity contribution in [3.63, 3.8) is 0 Å². The molecule has 1 amide bonds. The number of H-pyrrole nitrogens is 1. The van der Waals surface area contributed by atoms with Crippen LogP contribution in [0.4, 0.5) is 4.79 Å². The largest absolute Gasteiger partial charge is 0.493 e. The first kappa shape index (κ1) is 29.2. The summed E-state index contributed by atoms with van der Waals surface area (Å²) < 4.78 is 38.1. The van der Waals surface area contributed by atoms with Crippen LogP contribution in [0.3, 0.4) is 0 Å². The van der Waals surface area contributed by atoms with Gasteiger partial charge in [0.2, 0.25) is 10.0 Å². The first-order valence-corrected chi connectivity index (χ1v) is 16.3. The average Bonchev–Trinajstić information content (AvgIpc) is 3.80. The standard InChI is InChI=1S/C33H37N3O6S/c1-21-3-8-26(9-4-21)42-33(38)36-17-15-28-29-19-22(2)5-14-30(29)35-31(28)32(36)23-6-10-25(11-7-23)41-18-16-24(37)20-34-43(39,40)27-12-13-27/h3-11,14,19,24,27,32,34-35,37H,12-13,15-18,20H2,1-2H3. The van der Waals surface area contributed by atoms with Gasteiger partial charge in [-0.2, -0.15) is 0 Å². The highest BCUT2D eigenvalue weighted by Gasteiger charge is 2.36. The number of carbonyl (C=O) groups is 1. The van der Waals surface area contributed by atoms with Crippen LogP contribution in [0.1, 0.15) is 53.3 Å². The van der Waals surface area contributed by atoms with Crippen molar-refractivity contribution < 1.29 is 27.8 Å². The number of aliphatic hydroxyl groups excluding tert-OH is 1. The van der Waals surface area contributed by atoms with Crippen molar-refractivity contribution in [2.45, 2.75) is 56.9 Å². The zero-order valence-electron chi connectivity index (χ0n) is 24.4. The van der Waals surface area contributed by atoms with Crippen molar-refractivity contribution in [2.75, 3.05) is 19.7 Å². The van der Waals surface area contributed by atoms with Crippen molar-refractivity contribution in [2.24, 2.45) is 0 Å². The van der Waals surface area contributed by atoms with E-state index in [1.165, 1.54) is 16.5 Å². The molecule has 1 aromatic heterocycles. The number of sulfonamides is 1. The number of aromatic amines is 1. The molecule has 3 aromatic carbocycles. The molecule has 226 valence electrons. The molecule has 0 radical (unpaired) electrons. The lowest BCUT2D eigenvalue weighted by Gasteiger charge is -2.35. The molecular formula is C33H37N3O6S. The molecule has 10 heteroatoms. The Morgan fingerprint density at radius 2 is 1.72 bits per heavy atom. The van der Waals surface area contributed by atoms with E-state index in [0.29, 0.717) is 37.3 Å². The summed E-state index contributed by atoms with van der Waals surface area (Å²) >= 11 is 0. The van der Waals surface area contributed by atoms with E-state index < -0.39 is 22.2 Å². The fourth-order valence-corrected chi connectivity index (χ4v) is 7.00. The van der Waals surface area contributed by atoms with E-state index in [1.54, 1.807) is 17.0 Å². The molecule has 1 saturated carbocycles. The van der Waals surface area contributed by atoms with Gasteiger partial charge in [-0.1, -0.05) is 41.5 Å². The number of rotatable bonds is 10. The molecule has 1 aliphatic carbocycles. The summed E-state index contributed by atoms with van der Waals surface area (Å²) in [4.78, 5) is 18.9. The fraction of sp³-hybridized carbons (Fsp3) is 0.364. The molecule has 2 unspecified atom stereocenters. The highest BCUT2D eigenvalue weighted by atomic mass is 32.2. The van der Waals surface area contributed by atoms with Gasteiger partial charge in [-0.25, -0.2) is 17.9 Å². The Balaban J connectivity index is 1.18. The van der Waals surface area contributed by atoms with Crippen LogP contribution < -0.4 is 14.2 Å². The zero-order chi connectivity index (χ0) is 30.1. The second-order valence-corrected chi connectivity index (χ2v) is 13.6. The minimum atomic E-state index is -3.33. The van der Waals surface area contributed by atoms with Gasteiger partial charge in [0.15, 0.2) is 0 Å². The van der Waals surface area contributed by atoms with Gasteiger partial charge in [0.05, 0.1) is 18.0 Å². The molecule has 2 aliphatic rings. The maximum Gasteiger partial charge on any atom is 0.416 e. The van der Waals surface area contributed by atoms with Gasteiger partial charge in [-0.05, 0) is 80.6 Å². The van der Waals surface area contributed by atoms with Gasteiger partial charge in [-0.3, -0.25) is 4.90 Å². The summed E-state index contributed by atoms with van der Waals surface area (Å²) in [5.41, 5.74) is 6.38. The predicted molar refractivity (Wildman–Crippen MR) is 165 cm³/mol. The Morgan fingerprint density at radius 3 is 2.44 bits per heavy atom. The summed E-state index contributed by atoms with van der Waals surface area (Å²) in [7, 11) is -3.33. The number of nitrogens with one attached hydrogen (secondary N) is 2. The van der Waals surface area contributed by atoms with E-state index in [2.05, 4.69) is 34.8 Å². The van der Waals surface area contributed by atoms with Crippen LogP contribution >= 0.6 is 0 Å². The predicted octanol–water partition coefficient (Wildman–Crippen LogP) is 5.14. The van der Waals surface area contributed by atoms with Crippen LogP contribution in [0.5, 0.6) is 11.5 Å². The maximum absolute atomic E-state index is 13.5. The Kier molecular flexibility index (Phi) is 8.17. The first-order chi connectivity index (χ1) is 20.7. The lowest BCUT2D eigenvalue weighted by atomic mass is 9.92. The normalized spacial score (nSPS) is 17.5. The number of nitrogens with zero attached hydrogens (tertiary/aromatic N) is 1. The fourth-order valence-electron chi connectivity index (χ4n) is 5.58. The molecule has 0 saturated heterocycles. The smallest absolute Gasteiger partial charge is 0.416 e. The average molecular weight is 604 g/mol. The molecule has 1 aliphatic heterocycles. The van der Waals surface area contributed by atoms with Crippen LogP contribution in [0.2, 0.25) is 0 Å². The van der Waals surface area contributed by atoms with Crippen molar-refractivity contribution >= 4 is 27.0 Å². The van der Waals surface area contributed by atoms with E-state index in [0.717, 1.165) is 22.3 Å². The number of benzene rings is 3. The number of ether oxygens (including phenoxy) is 2. The van der Waals surface area contributed by atoms with Gasteiger partial charge in [0.25, 0.3) is 0 Å². The zero-order valence-corrected chi connectivity index (χ0v) is 25.2. The highest BCUT2D eigenvalue weighted by Crippen LogP contribution is 2.39. The molecule has 3 N–H and O–H groups in total. The second-order valence-electron chi connectivity index (χ2n) is 11.5. The summed E-state index contributed by atoms with van der Waals surface area (Å²) in [6.45, 7) is 4.78. The van der Waals surface area contributed by atoms with E-state index in [4.69, 9.17) is 9.47 Å². The molecule has 6 rings (SSSR count). The summed E-state index contributed by atoms with van der Waals surface area (Å²) in [6, 6.07) is 21.0. The molecule has 0 bridgehead atoms. The Labute approximate surface area is 251 Å². The van der Waals surface area contributed by atoms with Gasteiger partial charge in [0, 0.05) is 36.1 Å². The van der Waals surface area contributed by atoms with Crippen LogP contribution in [0, 0.1) is 13.8 Å². The minimum Gasteiger partial charge on any atom is -0.493 e. The van der Waals surface area contributed by atoms with Crippen LogP contribution in [0.15, 0.2) is 66.7 Å². The van der Waals surface area contributed by atoms with Gasteiger partial charge < -0.3 is 19.6 Å². The van der Waals surface area contributed by atoms with Gasteiger partial charge in [-0.15, -0.1) is 0 Å². The third kappa shape index (κ3) is 6.56. The lowest BCUT2D eigenvalue weighted by Crippen LogP contribution is -2.42. The number of aromatic nitrogens is 1. The number of amides is 1. The number of hydrogen-bond donors (Lipinski definition) is 3. The van der Waals surface area contributed by atoms with Crippen LogP contribution in [-0.4, -0.2) is 60.6 Å². The van der Waals surface area contributed by atoms with Crippen molar-refractivity contribution in [1.29, 1.82) is 0 Å². The molecule has 2 heterocycles. The van der Waals surface area contributed by atoms with Crippen molar-refractivity contribution in [3.8, 4) is 11.5 Å². The topological polar surface area (TPSA) is 121 Å². The number of aliphatic hydroxyl groups is 1. The minimum absolute atomic E-state index is 0.0241. The third-order valence-corrected chi connectivity index (χ3v) is 10.1. The van der Waals surface area contributed by atoms with Crippen LogP contribution in [0.25, 0.3) is 10.9 Å². The van der Waals surface area contributed by atoms with Gasteiger partial charge >= 0.3 is 6.09 Å². The Bertz CT molecular complexity index is 1710. The Morgan fingerprint density at radius 1 is 1.02 bits per heavy atom. The molecule has 4 aromatic rings. The molecule has 9 nitrogen and oxygen atoms in total. The first-order valence-electron chi connectivity index (χ1n) is 14.7. The van der Waals surface area contributed by atoms with Gasteiger partial charge in [0.1, 0.15) is 17.5 Å². The second kappa shape index (κ2) is 12.0. The van der Waals surface area contributed by atoms with E-state index in [9.17, 15) is 18.3 Å². The molecule has 1 fully saturated rings. The summed E-state index contributed by atoms with van der Waals surface area (Å²) in [5.74, 6) is 1.12. The highest BCUT2D eigenvalue weighted by molar-refractivity contribution is 7.90. The summed E-state index contributed by atoms with van der Waals surface area (Å²) in [6.07, 6.45) is 1.09. The third-order valence-electron chi connectivity index (χ3n) is 8.14. The quantitative estimate of drug-likeness (QED) is 0.231. The van der Waals surface area contributed by atoms with E-state index in [-0.39, 0.29) is 30.9 Å². The molecular weight excluding hydrogens is 566 g/mol. The molecule has 43 heavy (non-hydrogen) atoms. The molecule has 2 atom stereocenters. The lowest BCUT2D eigenvalue weighted by molar-refractivity contribution is 0.135. The summed E-state index contributed by atoms with van der Waals surface area (Å²) in [5, 5.41) is 11.1. The van der Waals surface area contributed by atoms with E-state index in [1.807, 2.05) is 43.3 Å². The number of carbonyl (C=O) groups excluding carboxylic acids is 1. The van der Waals surface area contributed by atoms with Crippen molar-refractivity contribution in [1.82, 2.24) is 14.6 Å².